The standard InChI is InChI=1S/C12H20N2O/c1-3-9-14(10-4-2)12(15)11-5-7-13-8-6-11/h1,11,13H,4-10H2,2H3. The minimum atomic E-state index is 0.186. The first-order valence-corrected chi connectivity index (χ1v) is 5.72. The van der Waals surface area contributed by atoms with E-state index in [1.165, 1.54) is 0 Å². The Kier molecular flexibility index (Phi) is 5.20. The van der Waals surface area contributed by atoms with E-state index in [1.807, 2.05) is 4.90 Å². The van der Waals surface area contributed by atoms with Gasteiger partial charge in [0.1, 0.15) is 0 Å². The predicted molar refractivity (Wildman–Crippen MR) is 61.3 cm³/mol. The van der Waals surface area contributed by atoms with E-state index in [4.69, 9.17) is 6.42 Å². The van der Waals surface area contributed by atoms with Crippen molar-refractivity contribution < 1.29 is 4.79 Å². The van der Waals surface area contributed by atoms with Crippen LogP contribution in [0.25, 0.3) is 0 Å². The third-order valence-electron chi connectivity index (χ3n) is 2.78. The molecule has 1 aliphatic rings. The molecule has 0 aromatic carbocycles. The van der Waals surface area contributed by atoms with Gasteiger partial charge in [0.25, 0.3) is 0 Å². The zero-order valence-corrected chi connectivity index (χ0v) is 9.46. The van der Waals surface area contributed by atoms with E-state index in [2.05, 4.69) is 18.2 Å². The summed E-state index contributed by atoms with van der Waals surface area (Å²) in [4.78, 5) is 13.9. The number of hydrogen-bond acceptors (Lipinski definition) is 2. The van der Waals surface area contributed by atoms with Crippen LogP contribution in [-0.2, 0) is 4.79 Å². The van der Waals surface area contributed by atoms with E-state index in [1.54, 1.807) is 0 Å². The monoisotopic (exact) mass is 208 g/mol. The summed E-state index contributed by atoms with van der Waals surface area (Å²) in [7, 11) is 0. The van der Waals surface area contributed by atoms with Crippen molar-refractivity contribution in [2.45, 2.75) is 26.2 Å². The van der Waals surface area contributed by atoms with Gasteiger partial charge in [-0.3, -0.25) is 4.79 Å². The molecule has 0 aromatic heterocycles. The first-order valence-electron chi connectivity index (χ1n) is 5.72. The van der Waals surface area contributed by atoms with Gasteiger partial charge in [-0.2, -0.15) is 0 Å². The maximum absolute atomic E-state index is 12.1. The topological polar surface area (TPSA) is 32.3 Å². The molecule has 0 aromatic rings. The maximum atomic E-state index is 12.1. The third-order valence-corrected chi connectivity index (χ3v) is 2.78. The van der Waals surface area contributed by atoms with Crippen LogP contribution >= 0.6 is 0 Å². The Morgan fingerprint density at radius 2 is 2.20 bits per heavy atom. The highest BCUT2D eigenvalue weighted by molar-refractivity contribution is 5.79. The lowest BCUT2D eigenvalue weighted by Gasteiger charge is -2.28. The Labute approximate surface area is 92.2 Å². The van der Waals surface area contributed by atoms with Crippen LogP contribution in [0.1, 0.15) is 26.2 Å². The number of rotatable bonds is 4. The summed E-state index contributed by atoms with van der Waals surface area (Å²) in [5.74, 6) is 2.99. The van der Waals surface area contributed by atoms with Crippen LogP contribution in [-0.4, -0.2) is 37.0 Å². The molecular weight excluding hydrogens is 188 g/mol. The summed E-state index contributed by atoms with van der Waals surface area (Å²) < 4.78 is 0. The number of amides is 1. The Balaban J connectivity index is 2.50. The second kappa shape index (κ2) is 6.47. The molecule has 1 N–H and O–H groups in total. The van der Waals surface area contributed by atoms with E-state index >= 15 is 0 Å². The quantitative estimate of drug-likeness (QED) is 0.695. The summed E-state index contributed by atoms with van der Waals surface area (Å²) in [6, 6.07) is 0. The van der Waals surface area contributed by atoms with E-state index in [0.717, 1.165) is 38.9 Å². The fourth-order valence-electron chi connectivity index (χ4n) is 1.97. The fourth-order valence-corrected chi connectivity index (χ4v) is 1.97. The van der Waals surface area contributed by atoms with E-state index in [9.17, 15) is 4.79 Å². The van der Waals surface area contributed by atoms with Gasteiger partial charge in [0.15, 0.2) is 0 Å². The van der Waals surface area contributed by atoms with Crippen molar-refractivity contribution in [2.75, 3.05) is 26.2 Å². The van der Waals surface area contributed by atoms with Crippen molar-refractivity contribution in [3.8, 4) is 12.3 Å². The molecule has 3 nitrogen and oxygen atoms in total. The van der Waals surface area contributed by atoms with E-state index < -0.39 is 0 Å². The first-order chi connectivity index (χ1) is 7.29. The lowest BCUT2D eigenvalue weighted by Crippen LogP contribution is -2.41. The molecule has 0 spiro atoms. The van der Waals surface area contributed by atoms with Gasteiger partial charge in [-0.15, -0.1) is 6.42 Å². The molecule has 0 saturated carbocycles. The Hall–Kier alpha value is -1.01. The van der Waals surface area contributed by atoms with Gasteiger partial charge in [-0.1, -0.05) is 12.8 Å². The van der Waals surface area contributed by atoms with Crippen molar-refractivity contribution in [3.63, 3.8) is 0 Å². The molecular formula is C12H20N2O. The van der Waals surface area contributed by atoms with E-state index in [0.29, 0.717) is 6.54 Å². The normalized spacial score (nSPS) is 17.1. The molecule has 3 heteroatoms. The van der Waals surface area contributed by atoms with Crippen LogP contribution in [0.5, 0.6) is 0 Å². The summed E-state index contributed by atoms with van der Waals surface area (Å²) in [6.07, 6.45) is 8.14. The van der Waals surface area contributed by atoms with Crippen molar-refractivity contribution in [3.05, 3.63) is 0 Å². The van der Waals surface area contributed by atoms with Crippen molar-refractivity contribution in [2.24, 2.45) is 5.92 Å². The summed E-state index contributed by atoms with van der Waals surface area (Å²) in [6.45, 7) is 5.21. The predicted octanol–water partition coefficient (Wildman–Crippen LogP) is 0.858. The van der Waals surface area contributed by atoms with Crippen molar-refractivity contribution in [1.82, 2.24) is 10.2 Å². The van der Waals surface area contributed by atoms with Gasteiger partial charge >= 0.3 is 0 Å². The van der Waals surface area contributed by atoms with Gasteiger partial charge in [-0.05, 0) is 32.4 Å². The summed E-state index contributed by atoms with van der Waals surface area (Å²) in [5, 5.41) is 3.26. The molecule has 15 heavy (non-hydrogen) atoms. The second-order valence-corrected chi connectivity index (χ2v) is 3.99. The van der Waals surface area contributed by atoms with Crippen LogP contribution < -0.4 is 5.32 Å². The fraction of sp³-hybridized carbons (Fsp3) is 0.750. The molecule has 1 saturated heterocycles. The number of piperidine rings is 1. The molecule has 1 aliphatic heterocycles. The van der Waals surface area contributed by atoms with E-state index in [-0.39, 0.29) is 11.8 Å². The number of carbonyl (C=O) groups excluding carboxylic acids is 1. The van der Waals surface area contributed by atoms with Crippen molar-refractivity contribution in [1.29, 1.82) is 0 Å². The summed E-state index contributed by atoms with van der Waals surface area (Å²) >= 11 is 0. The molecule has 84 valence electrons. The Morgan fingerprint density at radius 3 is 2.73 bits per heavy atom. The van der Waals surface area contributed by atoms with Gasteiger partial charge in [0.05, 0.1) is 6.54 Å². The van der Waals surface area contributed by atoms with Crippen LogP contribution in [0.15, 0.2) is 0 Å². The lowest BCUT2D eigenvalue weighted by atomic mass is 9.96. The van der Waals surface area contributed by atoms with Gasteiger partial charge in [0.2, 0.25) is 5.91 Å². The minimum absolute atomic E-state index is 0.186. The number of carbonyl (C=O) groups is 1. The SMILES string of the molecule is C#CCN(CCC)C(=O)C1CCNCC1. The Bertz CT molecular complexity index is 238. The third kappa shape index (κ3) is 3.56. The minimum Gasteiger partial charge on any atom is -0.331 e. The average Bonchev–Trinajstić information content (AvgIpc) is 2.29. The maximum Gasteiger partial charge on any atom is 0.226 e. The summed E-state index contributed by atoms with van der Waals surface area (Å²) in [5.41, 5.74) is 0. The number of nitrogens with one attached hydrogen (secondary N) is 1. The first kappa shape index (κ1) is 12.1. The highest BCUT2D eigenvalue weighted by atomic mass is 16.2. The largest absolute Gasteiger partial charge is 0.331 e. The number of hydrogen-bond donors (Lipinski definition) is 1. The van der Waals surface area contributed by atoms with Crippen molar-refractivity contribution >= 4 is 5.91 Å². The van der Waals surface area contributed by atoms with Gasteiger partial charge in [-0.25, -0.2) is 0 Å². The second-order valence-electron chi connectivity index (χ2n) is 3.99. The van der Waals surface area contributed by atoms with Crippen LogP contribution in [0.3, 0.4) is 0 Å². The van der Waals surface area contributed by atoms with Crippen LogP contribution in [0.2, 0.25) is 0 Å². The average molecular weight is 208 g/mol. The van der Waals surface area contributed by atoms with Crippen LogP contribution in [0, 0.1) is 18.3 Å². The molecule has 0 aliphatic carbocycles. The highest BCUT2D eigenvalue weighted by Gasteiger charge is 2.24. The number of terminal acetylenes is 1. The molecule has 1 rings (SSSR count). The van der Waals surface area contributed by atoms with Gasteiger partial charge < -0.3 is 10.2 Å². The molecule has 1 amide bonds. The molecule has 0 bridgehead atoms. The molecule has 0 unspecified atom stereocenters. The zero-order chi connectivity index (χ0) is 11.1. The van der Waals surface area contributed by atoms with Gasteiger partial charge in [0, 0.05) is 12.5 Å². The number of nitrogens with zero attached hydrogens (tertiary/aromatic N) is 1. The smallest absolute Gasteiger partial charge is 0.226 e. The molecule has 0 atom stereocenters. The highest BCUT2D eigenvalue weighted by Crippen LogP contribution is 2.15. The van der Waals surface area contributed by atoms with Crippen LogP contribution in [0.4, 0.5) is 0 Å². The molecule has 1 fully saturated rings. The molecule has 0 radical (unpaired) electrons. The Morgan fingerprint density at radius 1 is 1.53 bits per heavy atom. The lowest BCUT2D eigenvalue weighted by molar-refractivity contribution is -0.135. The zero-order valence-electron chi connectivity index (χ0n) is 9.46. The molecule has 1 heterocycles.